The third-order valence-electron chi connectivity index (χ3n) is 1.80. The van der Waals surface area contributed by atoms with Crippen LogP contribution in [-0.4, -0.2) is 11.0 Å². The van der Waals surface area contributed by atoms with Crippen molar-refractivity contribution < 1.29 is 14.3 Å². The van der Waals surface area contributed by atoms with Gasteiger partial charge in [-0.1, -0.05) is 0 Å². The highest BCUT2D eigenvalue weighted by molar-refractivity contribution is 5.92. The minimum atomic E-state index is -1.29. The van der Waals surface area contributed by atoms with Crippen LogP contribution in [0.5, 0.6) is 0 Å². The Hall–Kier alpha value is -1.84. The summed E-state index contributed by atoms with van der Waals surface area (Å²) in [5, 5.41) is 11.1. The zero-order valence-electron chi connectivity index (χ0n) is 6.50. The summed E-state index contributed by atoms with van der Waals surface area (Å²) in [5.74, 6) is -1.70. The number of nitrogens with one attached hydrogen (secondary N) is 1. The SMILES string of the molecule is O=C([O-])c1cc2ccc(F)cc2[nH]1. The van der Waals surface area contributed by atoms with Crippen LogP contribution in [0, 0.1) is 5.82 Å². The Kier molecular flexibility index (Phi) is 1.55. The molecule has 4 heteroatoms. The smallest absolute Gasteiger partial charge is 0.125 e. The number of halogens is 1. The normalized spacial score (nSPS) is 10.5. The first kappa shape index (κ1) is 7.79. The molecular weight excluding hydrogens is 173 g/mol. The van der Waals surface area contributed by atoms with Crippen LogP contribution in [0.15, 0.2) is 24.3 Å². The standard InChI is InChI=1S/C9H6FNO2/c10-6-2-1-5-3-8(9(12)13)11-7(5)4-6/h1-4,11H,(H,12,13)/p-1. The molecule has 0 saturated heterocycles. The summed E-state index contributed by atoms with van der Waals surface area (Å²) in [6, 6.07) is 5.43. The van der Waals surface area contributed by atoms with E-state index in [4.69, 9.17) is 0 Å². The Labute approximate surface area is 72.8 Å². The molecule has 0 amide bonds. The molecule has 0 atom stereocenters. The van der Waals surface area contributed by atoms with Gasteiger partial charge in [-0.15, -0.1) is 0 Å². The Morgan fingerprint density at radius 2 is 2.15 bits per heavy atom. The fourth-order valence-corrected chi connectivity index (χ4v) is 1.21. The molecule has 0 spiro atoms. The first-order valence-electron chi connectivity index (χ1n) is 3.66. The zero-order chi connectivity index (χ0) is 9.42. The minimum Gasteiger partial charge on any atom is -0.543 e. The molecule has 0 bridgehead atoms. The molecule has 13 heavy (non-hydrogen) atoms. The number of aromatic nitrogens is 1. The van der Waals surface area contributed by atoms with E-state index in [1.54, 1.807) is 0 Å². The van der Waals surface area contributed by atoms with E-state index >= 15 is 0 Å². The molecule has 2 aromatic rings. The zero-order valence-corrected chi connectivity index (χ0v) is 6.50. The average Bonchev–Trinajstić information content (AvgIpc) is 2.46. The first-order valence-corrected chi connectivity index (χ1v) is 3.66. The van der Waals surface area contributed by atoms with Gasteiger partial charge in [0.1, 0.15) is 5.82 Å². The van der Waals surface area contributed by atoms with Crippen molar-refractivity contribution in [3.8, 4) is 0 Å². The van der Waals surface area contributed by atoms with Gasteiger partial charge in [-0.25, -0.2) is 4.39 Å². The summed E-state index contributed by atoms with van der Waals surface area (Å²) < 4.78 is 12.7. The molecule has 1 N–H and O–H groups in total. The van der Waals surface area contributed by atoms with E-state index in [9.17, 15) is 14.3 Å². The number of benzene rings is 1. The maximum Gasteiger partial charge on any atom is 0.125 e. The number of carboxylic acid groups (broad SMARTS) is 1. The number of fused-ring (bicyclic) bond motifs is 1. The van der Waals surface area contributed by atoms with E-state index in [-0.39, 0.29) is 5.69 Å². The maximum absolute atomic E-state index is 12.7. The van der Waals surface area contributed by atoms with Gasteiger partial charge in [-0.2, -0.15) is 0 Å². The Balaban J connectivity index is 2.68. The molecule has 1 aromatic heterocycles. The number of aromatic carboxylic acids is 1. The fourth-order valence-electron chi connectivity index (χ4n) is 1.21. The summed E-state index contributed by atoms with van der Waals surface area (Å²) in [5.41, 5.74) is 0.416. The van der Waals surface area contributed by atoms with E-state index < -0.39 is 11.8 Å². The number of carbonyl (C=O) groups excluding carboxylic acids is 1. The van der Waals surface area contributed by atoms with Gasteiger partial charge in [0, 0.05) is 10.9 Å². The minimum absolute atomic E-state index is 0.0411. The summed E-state index contributed by atoms with van der Waals surface area (Å²) in [6.45, 7) is 0. The number of H-pyrrole nitrogens is 1. The van der Waals surface area contributed by atoms with Gasteiger partial charge >= 0.3 is 0 Å². The lowest BCUT2D eigenvalue weighted by molar-refractivity contribution is -0.255. The largest absolute Gasteiger partial charge is 0.543 e. The summed E-state index contributed by atoms with van der Waals surface area (Å²) in [4.78, 5) is 13.0. The van der Waals surface area contributed by atoms with E-state index in [0.717, 1.165) is 0 Å². The quantitative estimate of drug-likeness (QED) is 0.697. The topological polar surface area (TPSA) is 55.9 Å². The monoisotopic (exact) mass is 178 g/mol. The molecule has 0 radical (unpaired) electrons. The maximum atomic E-state index is 12.7. The van der Waals surface area contributed by atoms with Crippen LogP contribution in [0.25, 0.3) is 10.9 Å². The third-order valence-corrected chi connectivity index (χ3v) is 1.80. The molecule has 3 nitrogen and oxygen atoms in total. The van der Waals surface area contributed by atoms with Crippen molar-refractivity contribution in [2.75, 3.05) is 0 Å². The van der Waals surface area contributed by atoms with Gasteiger partial charge in [-0.3, -0.25) is 0 Å². The molecule has 1 heterocycles. The molecule has 0 aliphatic carbocycles. The lowest BCUT2D eigenvalue weighted by atomic mass is 10.2. The Morgan fingerprint density at radius 3 is 2.85 bits per heavy atom. The molecule has 1 aromatic carbocycles. The Morgan fingerprint density at radius 1 is 1.38 bits per heavy atom. The van der Waals surface area contributed by atoms with E-state index in [0.29, 0.717) is 10.9 Å². The molecule has 0 fully saturated rings. The highest BCUT2D eigenvalue weighted by Gasteiger charge is 2.01. The predicted octanol–water partition coefficient (Wildman–Crippen LogP) is 0.670. The lowest BCUT2D eigenvalue weighted by Crippen LogP contribution is -2.22. The highest BCUT2D eigenvalue weighted by atomic mass is 19.1. The van der Waals surface area contributed by atoms with E-state index in [2.05, 4.69) is 4.98 Å². The number of carbonyl (C=O) groups is 1. The van der Waals surface area contributed by atoms with Crippen LogP contribution in [0.1, 0.15) is 10.5 Å². The number of rotatable bonds is 1. The van der Waals surface area contributed by atoms with Crippen LogP contribution in [-0.2, 0) is 0 Å². The summed E-state index contributed by atoms with van der Waals surface area (Å²) >= 11 is 0. The lowest BCUT2D eigenvalue weighted by Gasteiger charge is -1.93. The summed E-state index contributed by atoms with van der Waals surface area (Å²) in [7, 11) is 0. The van der Waals surface area contributed by atoms with Crippen molar-refractivity contribution in [3.05, 3.63) is 35.8 Å². The molecule has 66 valence electrons. The number of hydrogen-bond acceptors (Lipinski definition) is 2. The van der Waals surface area contributed by atoms with Crippen LogP contribution in [0.4, 0.5) is 4.39 Å². The third kappa shape index (κ3) is 1.26. The average molecular weight is 178 g/mol. The first-order chi connectivity index (χ1) is 6.16. The Bertz CT molecular complexity index is 475. The fraction of sp³-hybridized carbons (Fsp3) is 0. The number of aromatic amines is 1. The van der Waals surface area contributed by atoms with Crippen molar-refractivity contribution in [1.29, 1.82) is 0 Å². The van der Waals surface area contributed by atoms with Gasteiger partial charge in [0.2, 0.25) is 0 Å². The van der Waals surface area contributed by atoms with Crippen molar-refractivity contribution in [2.45, 2.75) is 0 Å². The van der Waals surface area contributed by atoms with Crippen molar-refractivity contribution in [1.82, 2.24) is 4.98 Å². The second-order valence-corrected chi connectivity index (χ2v) is 2.70. The highest BCUT2D eigenvalue weighted by Crippen LogP contribution is 2.15. The molecule has 2 rings (SSSR count). The molecule has 0 unspecified atom stereocenters. The van der Waals surface area contributed by atoms with Gasteiger partial charge in [0.05, 0.1) is 11.7 Å². The van der Waals surface area contributed by atoms with Crippen molar-refractivity contribution in [3.63, 3.8) is 0 Å². The van der Waals surface area contributed by atoms with Crippen LogP contribution in [0.3, 0.4) is 0 Å². The number of carboxylic acids is 1. The van der Waals surface area contributed by atoms with Gasteiger partial charge in [-0.05, 0) is 24.3 Å². The number of hydrogen-bond donors (Lipinski definition) is 1. The second kappa shape index (κ2) is 2.58. The van der Waals surface area contributed by atoms with Gasteiger partial charge < -0.3 is 14.9 Å². The van der Waals surface area contributed by atoms with E-state index in [1.165, 1.54) is 24.3 Å². The molecule has 0 aliphatic heterocycles. The van der Waals surface area contributed by atoms with E-state index in [1.807, 2.05) is 0 Å². The van der Waals surface area contributed by atoms with Crippen LogP contribution >= 0.6 is 0 Å². The second-order valence-electron chi connectivity index (χ2n) is 2.70. The summed E-state index contributed by atoms with van der Waals surface area (Å²) in [6.07, 6.45) is 0. The van der Waals surface area contributed by atoms with Crippen molar-refractivity contribution in [2.24, 2.45) is 0 Å². The van der Waals surface area contributed by atoms with Crippen LogP contribution < -0.4 is 5.11 Å². The van der Waals surface area contributed by atoms with Crippen molar-refractivity contribution >= 4 is 16.9 Å². The van der Waals surface area contributed by atoms with Crippen LogP contribution in [0.2, 0.25) is 0 Å². The van der Waals surface area contributed by atoms with Gasteiger partial charge in [0.25, 0.3) is 0 Å². The van der Waals surface area contributed by atoms with Gasteiger partial charge in [0.15, 0.2) is 0 Å². The molecular formula is C9H5FNO2-. The predicted molar refractivity (Wildman–Crippen MR) is 42.6 cm³/mol. The molecule has 0 saturated carbocycles. The molecule has 0 aliphatic rings.